The molecule has 3 aromatic rings. The Hall–Kier alpha value is -3.66. The number of carboxylic acid groups (broad SMARTS) is 1. The molecule has 0 bridgehead atoms. The first kappa shape index (κ1) is 19.1. The van der Waals surface area contributed by atoms with Crippen LogP contribution in [0.4, 0.5) is 4.79 Å². The molecule has 1 amide bonds. The Bertz CT molecular complexity index is 1120. The van der Waals surface area contributed by atoms with E-state index in [9.17, 15) is 19.8 Å². The number of aromatic hydroxyl groups is 1. The van der Waals surface area contributed by atoms with E-state index in [1.54, 1.807) is 19.2 Å². The van der Waals surface area contributed by atoms with Crippen LogP contribution in [0.5, 0.6) is 5.75 Å². The molecule has 0 radical (unpaired) electrons. The molecule has 11 heteroatoms. The monoisotopic (exact) mass is 403 g/mol. The van der Waals surface area contributed by atoms with Crippen LogP contribution in [0.15, 0.2) is 29.5 Å². The molecule has 2 aromatic heterocycles. The lowest BCUT2D eigenvalue weighted by Gasteiger charge is -2.04. The van der Waals surface area contributed by atoms with Crippen LogP contribution in [0.3, 0.4) is 0 Å². The molecule has 1 aromatic carbocycles. The number of ether oxygens (including phenoxy) is 1. The lowest BCUT2D eigenvalue weighted by molar-refractivity contribution is 0.0697. The number of benzene rings is 1. The summed E-state index contributed by atoms with van der Waals surface area (Å²) in [6.07, 6.45) is 2.02. The third-order valence-electron chi connectivity index (χ3n) is 3.84. The molecular weight excluding hydrogens is 390 g/mol. The topological polar surface area (TPSA) is 139 Å². The number of hydrogen-bond acceptors (Lipinski definition) is 7. The number of aryl methyl sites for hydroxylation is 1. The summed E-state index contributed by atoms with van der Waals surface area (Å²) in [7, 11) is 1.19. The first-order valence-corrected chi connectivity index (χ1v) is 8.18. The molecule has 0 aliphatic rings. The Balaban J connectivity index is 2.11. The van der Waals surface area contributed by atoms with Gasteiger partial charge in [0.15, 0.2) is 5.65 Å². The van der Waals surface area contributed by atoms with E-state index >= 15 is 0 Å². The van der Waals surface area contributed by atoms with Crippen LogP contribution in [0.25, 0.3) is 16.7 Å². The summed E-state index contributed by atoms with van der Waals surface area (Å²) in [5.74, 6) is -1.30. The molecule has 0 unspecified atom stereocenters. The van der Waals surface area contributed by atoms with Crippen LogP contribution in [-0.4, -0.2) is 50.4 Å². The maximum Gasteiger partial charge on any atom is 0.427 e. The Morgan fingerprint density at radius 1 is 1.39 bits per heavy atom. The molecule has 144 valence electrons. The van der Waals surface area contributed by atoms with E-state index in [1.807, 2.05) is 0 Å². The quantitative estimate of drug-likeness (QED) is 0.449. The average Bonchev–Trinajstić information content (AvgIpc) is 3.08. The number of fused-ring (bicyclic) bond motifs is 1. The van der Waals surface area contributed by atoms with Crippen molar-refractivity contribution in [3.63, 3.8) is 0 Å². The van der Waals surface area contributed by atoms with Crippen LogP contribution in [0, 0.1) is 6.92 Å². The average molecular weight is 404 g/mol. The fraction of sp³-hybridized carbons (Fsp3) is 0.118. The van der Waals surface area contributed by atoms with Crippen molar-refractivity contribution in [2.24, 2.45) is 5.10 Å². The van der Waals surface area contributed by atoms with Gasteiger partial charge in [0.1, 0.15) is 5.75 Å². The molecule has 2 heterocycles. The highest BCUT2D eigenvalue weighted by molar-refractivity contribution is 6.33. The first-order valence-electron chi connectivity index (χ1n) is 7.81. The van der Waals surface area contributed by atoms with Gasteiger partial charge in [0.25, 0.3) is 0 Å². The zero-order chi connectivity index (χ0) is 20.4. The number of carboxylic acids is 1. The lowest BCUT2D eigenvalue weighted by Crippen LogP contribution is -2.16. The molecule has 0 saturated heterocycles. The predicted octanol–water partition coefficient (Wildman–Crippen LogP) is 2.48. The Kier molecular flexibility index (Phi) is 5.14. The smallest absolute Gasteiger partial charge is 0.427 e. The number of aromatic carboxylic acids is 1. The van der Waals surface area contributed by atoms with E-state index in [1.165, 1.54) is 30.1 Å². The van der Waals surface area contributed by atoms with Crippen molar-refractivity contribution >= 4 is 40.9 Å². The molecule has 0 saturated carbocycles. The van der Waals surface area contributed by atoms with Crippen LogP contribution in [0.1, 0.15) is 21.6 Å². The number of aromatic nitrogens is 3. The fourth-order valence-electron chi connectivity index (χ4n) is 2.45. The second kappa shape index (κ2) is 7.53. The molecule has 28 heavy (non-hydrogen) atoms. The number of nitrogens with one attached hydrogen (secondary N) is 1. The minimum absolute atomic E-state index is 0.0743. The normalized spacial score (nSPS) is 11.1. The summed E-state index contributed by atoms with van der Waals surface area (Å²) in [6.45, 7) is 1.59. The summed E-state index contributed by atoms with van der Waals surface area (Å²) in [6, 6.07) is 4.42. The van der Waals surface area contributed by atoms with Crippen molar-refractivity contribution in [1.29, 1.82) is 0 Å². The van der Waals surface area contributed by atoms with Crippen LogP contribution in [-0.2, 0) is 4.74 Å². The number of hydrogen-bond donors (Lipinski definition) is 3. The number of hydrazone groups is 1. The SMILES string of the molecule is COC(=O)NN=Cc1c(O)c(C)nc2nn(-c3ccc(Cl)c(C(=O)O)c3)cc12. The zero-order valence-electron chi connectivity index (χ0n) is 14.7. The highest BCUT2D eigenvalue weighted by atomic mass is 35.5. The molecule has 3 rings (SSSR count). The van der Waals surface area contributed by atoms with E-state index in [4.69, 9.17) is 11.6 Å². The third kappa shape index (κ3) is 3.58. The van der Waals surface area contributed by atoms with Crippen molar-refractivity contribution < 1.29 is 24.5 Å². The van der Waals surface area contributed by atoms with Crippen LogP contribution >= 0.6 is 11.6 Å². The number of nitrogens with zero attached hydrogens (tertiary/aromatic N) is 4. The summed E-state index contributed by atoms with van der Waals surface area (Å²) in [5, 5.41) is 28.1. The van der Waals surface area contributed by atoms with E-state index in [0.29, 0.717) is 22.4 Å². The summed E-state index contributed by atoms with van der Waals surface area (Å²) in [4.78, 5) is 26.6. The first-order chi connectivity index (χ1) is 13.3. The standard InChI is InChI=1S/C17H14ClN5O5/c1-8-14(24)11(6-19-21-17(27)28-2)12-7-23(22-15(12)20-8)9-3-4-13(18)10(5-9)16(25)26/h3-7,24H,1-2H3,(H,21,27)(H,25,26). The Morgan fingerprint density at radius 2 is 2.14 bits per heavy atom. The molecule has 0 spiro atoms. The number of carbonyl (C=O) groups is 2. The summed E-state index contributed by atoms with van der Waals surface area (Å²) < 4.78 is 5.82. The number of amides is 1. The van der Waals surface area contributed by atoms with Crippen molar-refractivity contribution in [3.8, 4) is 11.4 Å². The number of halogens is 1. The van der Waals surface area contributed by atoms with Gasteiger partial charge in [-0.25, -0.2) is 24.7 Å². The maximum atomic E-state index is 11.3. The number of pyridine rings is 1. The highest BCUT2D eigenvalue weighted by Crippen LogP contribution is 2.28. The largest absolute Gasteiger partial charge is 0.505 e. The molecule has 0 fully saturated rings. The fourth-order valence-corrected chi connectivity index (χ4v) is 2.65. The maximum absolute atomic E-state index is 11.3. The molecule has 0 aliphatic carbocycles. The van der Waals surface area contributed by atoms with Gasteiger partial charge in [-0.15, -0.1) is 5.10 Å². The molecular formula is C17H14ClN5O5. The van der Waals surface area contributed by atoms with Gasteiger partial charge in [-0.3, -0.25) is 0 Å². The van der Waals surface area contributed by atoms with E-state index < -0.39 is 12.1 Å². The van der Waals surface area contributed by atoms with Gasteiger partial charge in [-0.05, 0) is 25.1 Å². The number of rotatable bonds is 4. The van der Waals surface area contributed by atoms with Gasteiger partial charge in [0, 0.05) is 6.20 Å². The Labute approximate surface area is 163 Å². The van der Waals surface area contributed by atoms with Gasteiger partial charge in [0.2, 0.25) is 0 Å². The zero-order valence-corrected chi connectivity index (χ0v) is 15.4. The van der Waals surface area contributed by atoms with Gasteiger partial charge in [-0.1, -0.05) is 11.6 Å². The van der Waals surface area contributed by atoms with Gasteiger partial charge >= 0.3 is 12.1 Å². The number of carbonyl (C=O) groups excluding carboxylic acids is 1. The minimum Gasteiger partial charge on any atom is -0.505 e. The second-order valence-electron chi connectivity index (χ2n) is 5.60. The number of methoxy groups -OCH3 is 1. The van der Waals surface area contributed by atoms with Crippen molar-refractivity contribution in [1.82, 2.24) is 20.2 Å². The lowest BCUT2D eigenvalue weighted by atomic mass is 10.1. The summed E-state index contributed by atoms with van der Waals surface area (Å²) in [5.41, 5.74) is 3.36. The molecule has 3 N–H and O–H groups in total. The third-order valence-corrected chi connectivity index (χ3v) is 4.17. The summed E-state index contributed by atoms with van der Waals surface area (Å²) >= 11 is 5.90. The van der Waals surface area contributed by atoms with E-state index in [2.05, 4.69) is 25.3 Å². The molecule has 10 nitrogen and oxygen atoms in total. The van der Waals surface area contributed by atoms with Crippen molar-refractivity contribution in [2.45, 2.75) is 6.92 Å². The predicted molar refractivity (Wildman–Crippen MR) is 100 cm³/mol. The van der Waals surface area contributed by atoms with Gasteiger partial charge in [0.05, 0.1) is 46.2 Å². The van der Waals surface area contributed by atoms with Crippen LogP contribution in [0.2, 0.25) is 5.02 Å². The van der Waals surface area contributed by atoms with Gasteiger partial charge < -0.3 is 14.9 Å². The molecule has 0 atom stereocenters. The van der Waals surface area contributed by atoms with E-state index in [-0.39, 0.29) is 21.9 Å². The van der Waals surface area contributed by atoms with Crippen molar-refractivity contribution in [3.05, 3.63) is 46.2 Å². The minimum atomic E-state index is -1.17. The Morgan fingerprint density at radius 3 is 2.82 bits per heavy atom. The van der Waals surface area contributed by atoms with E-state index in [0.717, 1.165) is 0 Å². The van der Waals surface area contributed by atoms with Crippen molar-refractivity contribution in [2.75, 3.05) is 7.11 Å². The van der Waals surface area contributed by atoms with Crippen LogP contribution < -0.4 is 5.43 Å². The molecule has 0 aliphatic heterocycles. The second-order valence-corrected chi connectivity index (χ2v) is 6.01. The van der Waals surface area contributed by atoms with Gasteiger partial charge in [-0.2, -0.15) is 5.10 Å². The highest BCUT2D eigenvalue weighted by Gasteiger charge is 2.16.